The number of hydrogen-bond donors (Lipinski definition) is 2. The van der Waals surface area contributed by atoms with Crippen LogP contribution in [0.3, 0.4) is 0 Å². The van der Waals surface area contributed by atoms with Gasteiger partial charge >= 0.3 is 0 Å². The summed E-state index contributed by atoms with van der Waals surface area (Å²) in [5, 5.41) is 3.70. The Kier molecular flexibility index (Phi) is 4.42. The number of rotatable bonds is 4. The van der Waals surface area contributed by atoms with Crippen LogP contribution in [-0.4, -0.2) is 32.2 Å². The number of aromatic nitrogens is 1. The van der Waals surface area contributed by atoms with E-state index in [1.54, 1.807) is 12.1 Å². The smallest absolute Gasteiger partial charge is 0.234 e. The molecule has 7 heteroatoms. The summed E-state index contributed by atoms with van der Waals surface area (Å²) in [6.07, 6.45) is 3.22. The third-order valence-corrected chi connectivity index (χ3v) is 4.56. The highest BCUT2D eigenvalue weighted by atomic mass is 35.5. The van der Waals surface area contributed by atoms with Crippen molar-refractivity contribution >= 4 is 27.4 Å². The predicted molar refractivity (Wildman–Crippen MR) is 72.3 cm³/mol. The fourth-order valence-electron chi connectivity index (χ4n) is 2.00. The molecule has 0 atom stereocenters. The van der Waals surface area contributed by atoms with Crippen LogP contribution in [0.1, 0.15) is 12.8 Å². The number of nitrogens with one attached hydrogen (secondary N) is 2. The van der Waals surface area contributed by atoms with Crippen LogP contribution in [-0.2, 0) is 10.0 Å². The average Bonchev–Trinajstić information content (AvgIpc) is 2.32. The summed E-state index contributed by atoms with van der Waals surface area (Å²) < 4.78 is 26.4. The molecule has 0 spiro atoms. The Morgan fingerprint density at radius 2 is 2.11 bits per heavy atom. The third-order valence-electron chi connectivity index (χ3n) is 2.90. The molecule has 0 amide bonds. The quantitative estimate of drug-likeness (QED) is 0.881. The second-order valence-electron chi connectivity index (χ2n) is 4.44. The summed E-state index contributed by atoms with van der Waals surface area (Å²) in [5.74, 6) is 0.684. The predicted octanol–water partition coefficient (Wildman–Crippen LogP) is 1.48. The van der Waals surface area contributed by atoms with Gasteiger partial charge in [0.15, 0.2) is 0 Å². The van der Waals surface area contributed by atoms with E-state index in [-0.39, 0.29) is 11.7 Å². The minimum absolute atomic E-state index is 0.152. The molecule has 1 saturated heterocycles. The van der Waals surface area contributed by atoms with Crippen molar-refractivity contribution in [1.82, 2.24) is 10.3 Å². The van der Waals surface area contributed by atoms with Crippen LogP contribution in [0.25, 0.3) is 0 Å². The number of hydrogen-bond acceptors (Lipinski definition) is 4. The minimum Gasteiger partial charge on any atom is -0.317 e. The first-order chi connectivity index (χ1) is 8.55. The highest BCUT2D eigenvalue weighted by Gasteiger charge is 2.21. The van der Waals surface area contributed by atoms with Crippen molar-refractivity contribution in [2.75, 3.05) is 23.6 Å². The number of nitrogens with zero attached hydrogens (tertiary/aromatic N) is 1. The van der Waals surface area contributed by atoms with Gasteiger partial charge in [-0.3, -0.25) is 4.72 Å². The second-order valence-corrected chi connectivity index (χ2v) is 6.64. The minimum atomic E-state index is -3.33. The van der Waals surface area contributed by atoms with Gasteiger partial charge in [0.25, 0.3) is 0 Å². The van der Waals surface area contributed by atoms with Gasteiger partial charge in [0.1, 0.15) is 5.82 Å². The molecule has 0 aromatic carbocycles. The lowest BCUT2D eigenvalue weighted by Gasteiger charge is -2.22. The van der Waals surface area contributed by atoms with E-state index in [0.29, 0.717) is 10.8 Å². The molecule has 2 heterocycles. The Labute approximate surface area is 112 Å². The van der Waals surface area contributed by atoms with Crippen molar-refractivity contribution in [1.29, 1.82) is 0 Å². The molecule has 1 aromatic heterocycles. The highest BCUT2D eigenvalue weighted by molar-refractivity contribution is 7.92. The van der Waals surface area contributed by atoms with Crippen LogP contribution in [0.15, 0.2) is 18.3 Å². The Balaban J connectivity index is 1.96. The Hall–Kier alpha value is -0.850. The van der Waals surface area contributed by atoms with Gasteiger partial charge in [-0.05, 0) is 44.0 Å². The molecule has 1 fully saturated rings. The molecule has 0 aliphatic carbocycles. The van der Waals surface area contributed by atoms with Crippen molar-refractivity contribution in [3.63, 3.8) is 0 Å². The van der Waals surface area contributed by atoms with E-state index in [2.05, 4.69) is 15.0 Å². The second kappa shape index (κ2) is 5.86. The van der Waals surface area contributed by atoms with Crippen molar-refractivity contribution in [2.45, 2.75) is 12.8 Å². The Bertz CT molecular complexity index is 484. The molecule has 1 aliphatic rings. The standard InChI is InChI=1S/C11H16ClN3O2S/c12-10-1-2-11(14-7-10)15-18(16,17)8-9-3-5-13-6-4-9/h1-2,7,9,13H,3-6,8H2,(H,14,15). The lowest BCUT2D eigenvalue weighted by atomic mass is 10.0. The largest absolute Gasteiger partial charge is 0.317 e. The van der Waals surface area contributed by atoms with Crippen LogP contribution >= 0.6 is 11.6 Å². The molecule has 0 unspecified atom stereocenters. The number of pyridine rings is 1. The average molecular weight is 290 g/mol. The summed E-state index contributed by atoms with van der Waals surface area (Å²) in [7, 11) is -3.33. The maximum atomic E-state index is 11.9. The van der Waals surface area contributed by atoms with Gasteiger partial charge in [-0.2, -0.15) is 0 Å². The first kappa shape index (κ1) is 13.6. The van der Waals surface area contributed by atoms with Gasteiger partial charge in [0, 0.05) is 6.20 Å². The summed E-state index contributed by atoms with van der Waals surface area (Å²) >= 11 is 5.69. The number of halogens is 1. The zero-order chi connectivity index (χ0) is 13.0. The van der Waals surface area contributed by atoms with E-state index >= 15 is 0 Å². The van der Waals surface area contributed by atoms with Gasteiger partial charge in [-0.1, -0.05) is 11.6 Å². The lowest BCUT2D eigenvalue weighted by Crippen LogP contribution is -2.33. The normalized spacial score (nSPS) is 17.6. The SMILES string of the molecule is O=S(=O)(CC1CCNCC1)Nc1ccc(Cl)cn1. The maximum absolute atomic E-state index is 11.9. The molecule has 100 valence electrons. The van der Waals surface area contributed by atoms with Crippen LogP contribution < -0.4 is 10.0 Å². The Morgan fingerprint density at radius 3 is 2.72 bits per heavy atom. The monoisotopic (exact) mass is 289 g/mol. The molecule has 1 aromatic rings. The zero-order valence-corrected chi connectivity index (χ0v) is 11.5. The van der Waals surface area contributed by atoms with Crippen LogP contribution in [0.5, 0.6) is 0 Å². The topological polar surface area (TPSA) is 71.1 Å². The summed E-state index contributed by atoms with van der Waals surface area (Å²) in [6.45, 7) is 1.78. The van der Waals surface area contributed by atoms with E-state index in [1.807, 2.05) is 0 Å². The number of anilines is 1. The van der Waals surface area contributed by atoms with Gasteiger partial charge in [-0.25, -0.2) is 13.4 Å². The van der Waals surface area contributed by atoms with E-state index in [0.717, 1.165) is 25.9 Å². The van der Waals surface area contributed by atoms with Gasteiger partial charge in [0.05, 0.1) is 10.8 Å². The van der Waals surface area contributed by atoms with E-state index in [9.17, 15) is 8.42 Å². The van der Waals surface area contributed by atoms with Gasteiger partial charge < -0.3 is 5.32 Å². The van der Waals surface area contributed by atoms with Crippen LogP contribution in [0.2, 0.25) is 5.02 Å². The molecule has 0 bridgehead atoms. The molecule has 1 aliphatic heterocycles. The fraction of sp³-hybridized carbons (Fsp3) is 0.545. The molecule has 0 saturated carbocycles. The van der Waals surface area contributed by atoms with Gasteiger partial charge in [0.2, 0.25) is 10.0 Å². The molecule has 2 N–H and O–H groups in total. The highest BCUT2D eigenvalue weighted by Crippen LogP contribution is 2.16. The molecule has 0 radical (unpaired) electrons. The van der Waals surface area contributed by atoms with Crippen molar-refractivity contribution < 1.29 is 8.42 Å². The molecule has 5 nitrogen and oxygen atoms in total. The molecule has 18 heavy (non-hydrogen) atoms. The lowest BCUT2D eigenvalue weighted by molar-refractivity contribution is 0.402. The maximum Gasteiger partial charge on any atom is 0.234 e. The number of sulfonamides is 1. The van der Waals surface area contributed by atoms with Crippen LogP contribution in [0.4, 0.5) is 5.82 Å². The van der Waals surface area contributed by atoms with E-state index in [4.69, 9.17) is 11.6 Å². The molecule has 2 rings (SSSR count). The van der Waals surface area contributed by atoms with E-state index < -0.39 is 10.0 Å². The first-order valence-corrected chi connectivity index (χ1v) is 7.91. The van der Waals surface area contributed by atoms with Crippen molar-refractivity contribution in [3.8, 4) is 0 Å². The summed E-state index contributed by atoms with van der Waals surface area (Å²) in [5.41, 5.74) is 0. The summed E-state index contributed by atoms with van der Waals surface area (Å²) in [6, 6.07) is 3.17. The van der Waals surface area contributed by atoms with Crippen molar-refractivity contribution in [2.24, 2.45) is 5.92 Å². The Morgan fingerprint density at radius 1 is 1.39 bits per heavy atom. The summed E-state index contributed by atoms with van der Waals surface area (Å²) in [4.78, 5) is 3.92. The van der Waals surface area contributed by atoms with Crippen LogP contribution in [0, 0.1) is 5.92 Å². The molecular formula is C11H16ClN3O2S. The fourth-order valence-corrected chi connectivity index (χ4v) is 3.58. The zero-order valence-electron chi connectivity index (χ0n) is 9.89. The molecular weight excluding hydrogens is 274 g/mol. The third kappa shape index (κ3) is 4.12. The number of piperidine rings is 1. The first-order valence-electron chi connectivity index (χ1n) is 5.88. The van der Waals surface area contributed by atoms with Gasteiger partial charge in [-0.15, -0.1) is 0 Å². The van der Waals surface area contributed by atoms with E-state index in [1.165, 1.54) is 6.20 Å². The van der Waals surface area contributed by atoms with Crippen molar-refractivity contribution in [3.05, 3.63) is 23.4 Å².